The van der Waals surface area contributed by atoms with Gasteiger partial charge in [-0.2, -0.15) is 22.3 Å². The summed E-state index contributed by atoms with van der Waals surface area (Å²) in [5.74, 6) is 0. The van der Waals surface area contributed by atoms with Crippen LogP contribution < -0.4 is 0 Å². The van der Waals surface area contributed by atoms with E-state index in [0.717, 1.165) is 33.2 Å². The number of H-pyrrole nitrogens is 1. The van der Waals surface area contributed by atoms with Crippen LogP contribution in [0.25, 0.3) is 33.2 Å². The van der Waals surface area contributed by atoms with Crippen LogP contribution in [0.3, 0.4) is 0 Å². The first-order valence-electron chi connectivity index (χ1n) is 11.0. The van der Waals surface area contributed by atoms with Gasteiger partial charge in [0.2, 0.25) is 0 Å². The summed E-state index contributed by atoms with van der Waals surface area (Å²) >= 11 is 0. The van der Waals surface area contributed by atoms with Crippen LogP contribution in [0.2, 0.25) is 0 Å². The molecule has 0 atom stereocenters. The van der Waals surface area contributed by atoms with Gasteiger partial charge < -0.3 is 9.55 Å². The molecule has 0 spiro atoms. The maximum absolute atomic E-state index is 13.0. The standard InChI is InChI=1S/C23H25N7O2S/c1-3-28(4-2)33(31,32)29-14-23(15-29,10-11-24)30-13-19(17-7-5-6-8-20(17)30)21-18-9-12-25-22(18)27-16-26-21/h5-9,12-13,16H,3-4,10,14-15H2,1-2H3,(H,25,26,27). The summed E-state index contributed by atoms with van der Waals surface area (Å²) in [6.45, 7) is 4.99. The maximum Gasteiger partial charge on any atom is 0.282 e. The Kier molecular flexibility index (Phi) is 5.20. The fourth-order valence-corrected chi connectivity index (χ4v) is 6.62. The Hall–Kier alpha value is -3.26. The average molecular weight is 464 g/mol. The molecular formula is C23H25N7O2S. The molecule has 1 fully saturated rings. The molecule has 0 unspecified atom stereocenters. The van der Waals surface area contributed by atoms with E-state index in [0.29, 0.717) is 13.1 Å². The Morgan fingerprint density at radius 2 is 1.91 bits per heavy atom. The van der Waals surface area contributed by atoms with Gasteiger partial charge in [-0.1, -0.05) is 32.0 Å². The van der Waals surface area contributed by atoms with E-state index in [1.54, 1.807) is 0 Å². The highest BCUT2D eigenvalue weighted by molar-refractivity contribution is 7.86. The quantitative estimate of drug-likeness (QED) is 0.453. The van der Waals surface area contributed by atoms with Crippen molar-refractivity contribution in [2.45, 2.75) is 25.8 Å². The summed E-state index contributed by atoms with van der Waals surface area (Å²) in [5.41, 5.74) is 2.79. The number of hydrogen-bond donors (Lipinski definition) is 1. The highest BCUT2D eigenvalue weighted by atomic mass is 32.2. The molecule has 1 saturated heterocycles. The minimum absolute atomic E-state index is 0.207. The van der Waals surface area contributed by atoms with Gasteiger partial charge >= 0.3 is 0 Å². The number of aromatic amines is 1. The third-order valence-corrected chi connectivity index (χ3v) is 8.62. The summed E-state index contributed by atoms with van der Waals surface area (Å²) in [7, 11) is -3.56. The van der Waals surface area contributed by atoms with Gasteiger partial charge in [0.05, 0.1) is 23.7 Å². The van der Waals surface area contributed by atoms with Gasteiger partial charge in [0.15, 0.2) is 0 Å². The third-order valence-electron chi connectivity index (χ3n) is 6.54. The Labute approximate surface area is 192 Å². The summed E-state index contributed by atoms with van der Waals surface area (Å²) < 4.78 is 31.1. The Balaban J connectivity index is 1.63. The fourth-order valence-electron chi connectivity index (χ4n) is 4.83. The zero-order valence-corrected chi connectivity index (χ0v) is 19.4. The van der Waals surface area contributed by atoms with Crippen molar-refractivity contribution in [1.29, 1.82) is 5.26 Å². The van der Waals surface area contributed by atoms with E-state index in [1.165, 1.54) is 14.9 Å². The molecule has 1 N–H and O–H groups in total. The lowest BCUT2D eigenvalue weighted by Crippen LogP contribution is -2.65. The van der Waals surface area contributed by atoms with Crippen LogP contribution >= 0.6 is 0 Å². The zero-order chi connectivity index (χ0) is 23.2. The summed E-state index contributed by atoms with van der Waals surface area (Å²) in [6, 6.07) is 12.2. The second-order valence-corrected chi connectivity index (χ2v) is 10.2. The number of benzene rings is 1. The molecule has 0 aliphatic carbocycles. The predicted octanol–water partition coefficient (Wildman–Crippen LogP) is 3.09. The van der Waals surface area contributed by atoms with Crippen LogP contribution in [0, 0.1) is 11.3 Å². The SMILES string of the molecule is CCN(CC)S(=O)(=O)N1CC(CC#N)(n2cc(-c3ncnc4[nH]ccc34)c3ccccc32)C1. The molecule has 3 aromatic heterocycles. The number of para-hydroxylation sites is 1. The number of fused-ring (bicyclic) bond motifs is 2. The molecule has 0 amide bonds. The van der Waals surface area contributed by atoms with Gasteiger partial charge in [-0.25, -0.2) is 9.97 Å². The van der Waals surface area contributed by atoms with E-state index in [1.807, 2.05) is 56.6 Å². The van der Waals surface area contributed by atoms with Crippen LogP contribution in [0.4, 0.5) is 0 Å². The molecule has 1 aliphatic heterocycles. The minimum Gasteiger partial charge on any atom is -0.346 e. The number of rotatable bonds is 7. The molecule has 170 valence electrons. The Bertz CT molecular complexity index is 1470. The number of nitrogens with zero attached hydrogens (tertiary/aromatic N) is 6. The number of aromatic nitrogens is 4. The predicted molar refractivity (Wildman–Crippen MR) is 126 cm³/mol. The van der Waals surface area contributed by atoms with E-state index in [4.69, 9.17) is 0 Å². The smallest absolute Gasteiger partial charge is 0.282 e. The van der Waals surface area contributed by atoms with Crippen molar-refractivity contribution in [2.24, 2.45) is 0 Å². The number of nitrogens with one attached hydrogen (secondary N) is 1. The molecule has 1 aliphatic rings. The van der Waals surface area contributed by atoms with Gasteiger partial charge in [-0.05, 0) is 12.1 Å². The fraction of sp³-hybridized carbons (Fsp3) is 0.348. The highest BCUT2D eigenvalue weighted by Gasteiger charge is 2.51. The summed E-state index contributed by atoms with van der Waals surface area (Å²) in [6.07, 6.45) is 5.59. The first kappa shape index (κ1) is 21.6. The number of hydrogen-bond acceptors (Lipinski definition) is 5. The topological polar surface area (TPSA) is 111 Å². The van der Waals surface area contributed by atoms with Gasteiger partial charge in [0.25, 0.3) is 10.2 Å². The molecule has 4 aromatic rings. The molecule has 0 bridgehead atoms. The highest BCUT2D eigenvalue weighted by Crippen LogP contribution is 2.41. The van der Waals surface area contributed by atoms with Gasteiger partial charge in [0, 0.05) is 60.4 Å². The molecule has 10 heteroatoms. The van der Waals surface area contributed by atoms with Crippen molar-refractivity contribution < 1.29 is 8.42 Å². The monoisotopic (exact) mass is 463 g/mol. The molecule has 0 saturated carbocycles. The minimum atomic E-state index is -3.56. The van der Waals surface area contributed by atoms with E-state index in [-0.39, 0.29) is 19.5 Å². The maximum atomic E-state index is 13.0. The lowest BCUT2D eigenvalue weighted by molar-refractivity contribution is 0.0827. The van der Waals surface area contributed by atoms with E-state index >= 15 is 0 Å². The average Bonchev–Trinajstić information content (AvgIpc) is 3.41. The van der Waals surface area contributed by atoms with Crippen LogP contribution in [0.1, 0.15) is 20.3 Å². The molecular weight excluding hydrogens is 438 g/mol. The van der Waals surface area contributed by atoms with Crippen molar-refractivity contribution in [1.82, 2.24) is 28.1 Å². The van der Waals surface area contributed by atoms with Crippen LogP contribution in [-0.2, 0) is 15.7 Å². The van der Waals surface area contributed by atoms with Crippen LogP contribution in [0.5, 0.6) is 0 Å². The van der Waals surface area contributed by atoms with Crippen LogP contribution in [-0.4, -0.2) is 62.7 Å². The Morgan fingerprint density at radius 1 is 1.15 bits per heavy atom. The van der Waals surface area contributed by atoms with Crippen molar-refractivity contribution in [3.05, 3.63) is 49.1 Å². The molecule has 4 heterocycles. The third kappa shape index (κ3) is 3.23. The van der Waals surface area contributed by atoms with Gasteiger partial charge in [-0.15, -0.1) is 0 Å². The van der Waals surface area contributed by atoms with Crippen LogP contribution in [0.15, 0.2) is 49.1 Å². The van der Waals surface area contributed by atoms with Crippen molar-refractivity contribution in [3.8, 4) is 17.3 Å². The van der Waals surface area contributed by atoms with E-state index in [9.17, 15) is 13.7 Å². The molecule has 0 radical (unpaired) electrons. The lowest BCUT2D eigenvalue weighted by atomic mass is 9.88. The van der Waals surface area contributed by atoms with Crippen molar-refractivity contribution in [2.75, 3.05) is 26.2 Å². The largest absolute Gasteiger partial charge is 0.346 e. The van der Waals surface area contributed by atoms with Gasteiger partial charge in [-0.3, -0.25) is 0 Å². The Morgan fingerprint density at radius 3 is 2.64 bits per heavy atom. The second-order valence-electron chi connectivity index (χ2n) is 8.31. The molecule has 33 heavy (non-hydrogen) atoms. The van der Waals surface area contributed by atoms with E-state index < -0.39 is 15.7 Å². The zero-order valence-electron chi connectivity index (χ0n) is 18.6. The first-order valence-corrected chi connectivity index (χ1v) is 12.4. The lowest BCUT2D eigenvalue weighted by Gasteiger charge is -2.50. The number of nitriles is 1. The molecule has 9 nitrogen and oxygen atoms in total. The molecule has 1 aromatic carbocycles. The van der Waals surface area contributed by atoms with Crippen molar-refractivity contribution >= 4 is 32.1 Å². The normalized spacial score (nSPS) is 16.3. The molecule has 5 rings (SSSR count). The first-order chi connectivity index (χ1) is 15.9. The van der Waals surface area contributed by atoms with Gasteiger partial charge in [0.1, 0.15) is 12.0 Å². The summed E-state index contributed by atoms with van der Waals surface area (Å²) in [5, 5.41) is 11.6. The summed E-state index contributed by atoms with van der Waals surface area (Å²) in [4.78, 5) is 12.0. The van der Waals surface area contributed by atoms with E-state index in [2.05, 4.69) is 25.6 Å². The van der Waals surface area contributed by atoms with Crippen molar-refractivity contribution in [3.63, 3.8) is 0 Å². The second kappa shape index (κ2) is 7.95.